The van der Waals surface area contributed by atoms with Gasteiger partial charge < -0.3 is 10.1 Å². The molecular formula is C19H24N2O4S. The number of aryl methyl sites for hydroxylation is 2. The van der Waals surface area contributed by atoms with Crippen LogP contribution in [0.2, 0.25) is 0 Å². The van der Waals surface area contributed by atoms with E-state index in [2.05, 4.69) is 10.0 Å². The Morgan fingerprint density at radius 2 is 1.77 bits per heavy atom. The van der Waals surface area contributed by atoms with E-state index < -0.39 is 16.1 Å². The lowest BCUT2D eigenvalue weighted by molar-refractivity contribution is -0.122. The number of carbonyl (C=O) groups is 1. The van der Waals surface area contributed by atoms with Crippen molar-refractivity contribution in [2.24, 2.45) is 0 Å². The third-order valence-electron chi connectivity index (χ3n) is 4.05. The fraction of sp³-hybridized carbons (Fsp3) is 0.316. The fourth-order valence-electron chi connectivity index (χ4n) is 2.49. The molecule has 0 fully saturated rings. The molecule has 0 spiro atoms. The van der Waals surface area contributed by atoms with Crippen LogP contribution < -0.4 is 14.8 Å². The summed E-state index contributed by atoms with van der Waals surface area (Å²) in [6.45, 7) is 5.84. The molecule has 6 nitrogen and oxygen atoms in total. The van der Waals surface area contributed by atoms with Crippen molar-refractivity contribution in [3.8, 4) is 5.75 Å². The van der Waals surface area contributed by atoms with E-state index >= 15 is 0 Å². The van der Waals surface area contributed by atoms with Crippen molar-refractivity contribution in [3.05, 3.63) is 59.2 Å². The molecule has 0 saturated heterocycles. The van der Waals surface area contributed by atoms with E-state index in [1.165, 1.54) is 26.2 Å². The largest absolute Gasteiger partial charge is 0.497 e. The van der Waals surface area contributed by atoms with Gasteiger partial charge in [0.15, 0.2) is 0 Å². The monoisotopic (exact) mass is 376 g/mol. The summed E-state index contributed by atoms with van der Waals surface area (Å²) in [5.41, 5.74) is 3.23. The van der Waals surface area contributed by atoms with Crippen molar-refractivity contribution in [2.75, 3.05) is 7.11 Å². The zero-order valence-corrected chi connectivity index (χ0v) is 16.2. The molecule has 0 aliphatic carbocycles. The van der Waals surface area contributed by atoms with E-state index in [0.717, 1.165) is 16.7 Å². The third kappa shape index (κ3) is 5.06. The standard InChI is InChI=1S/C19H24N2O4S/c1-13-5-6-16(14(2)11-13)12-20-19(22)15(3)21-26(23,24)18-9-7-17(25-4)8-10-18/h5-11,15,21H,12H2,1-4H3,(H,20,22)/t15-/m0/s1. The van der Waals surface area contributed by atoms with Gasteiger partial charge >= 0.3 is 0 Å². The van der Waals surface area contributed by atoms with Crippen molar-refractivity contribution in [2.45, 2.75) is 38.3 Å². The molecule has 2 aromatic rings. The third-order valence-corrected chi connectivity index (χ3v) is 5.60. The number of rotatable bonds is 7. The highest BCUT2D eigenvalue weighted by Gasteiger charge is 2.22. The Morgan fingerprint density at radius 1 is 1.12 bits per heavy atom. The quantitative estimate of drug-likeness (QED) is 0.777. The summed E-state index contributed by atoms with van der Waals surface area (Å²) >= 11 is 0. The van der Waals surface area contributed by atoms with Gasteiger partial charge in [0.1, 0.15) is 5.75 Å². The molecule has 26 heavy (non-hydrogen) atoms. The van der Waals surface area contributed by atoms with Gasteiger partial charge in [0, 0.05) is 6.54 Å². The van der Waals surface area contributed by atoms with Gasteiger partial charge in [-0.15, -0.1) is 0 Å². The van der Waals surface area contributed by atoms with Gasteiger partial charge in [-0.3, -0.25) is 4.79 Å². The van der Waals surface area contributed by atoms with E-state index in [1.54, 1.807) is 12.1 Å². The van der Waals surface area contributed by atoms with Crippen molar-refractivity contribution < 1.29 is 17.9 Å². The summed E-state index contributed by atoms with van der Waals surface area (Å²) in [6.07, 6.45) is 0. The van der Waals surface area contributed by atoms with Crippen LogP contribution in [0.1, 0.15) is 23.6 Å². The first kappa shape index (κ1) is 19.9. The molecule has 1 atom stereocenters. The summed E-state index contributed by atoms with van der Waals surface area (Å²) in [7, 11) is -2.29. The van der Waals surface area contributed by atoms with Crippen LogP contribution in [0.25, 0.3) is 0 Å². The van der Waals surface area contributed by atoms with Gasteiger partial charge in [0.25, 0.3) is 0 Å². The van der Waals surface area contributed by atoms with Gasteiger partial charge in [0.05, 0.1) is 18.0 Å². The number of hydrogen-bond acceptors (Lipinski definition) is 4. The molecule has 0 heterocycles. The zero-order valence-electron chi connectivity index (χ0n) is 15.4. The van der Waals surface area contributed by atoms with Crippen LogP contribution in [0.3, 0.4) is 0 Å². The van der Waals surface area contributed by atoms with Crippen LogP contribution in [-0.4, -0.2) is 27.5 Å². The molecule has 0 bridgehead atoms. The SMILES string of the molecule is COc1ccc(S(=O)(=O)N[C@@H](C)C(=O)NCc2ccc(C)cc2C)cc1. The van der Waals surface area contributed by atoms with Gasteiger partial charge in [-0.1, -0.05) is 23.8 Å². The molecule has 1 amide bonds. The maximum atomic E-state index is 12.4. The summed E-state index contributed by atoms with van der Waals surface area (Å²) in [6, 6.07) is 11.0. The Morgan fingerprint density at radius 3 is 2.35 bits per heavy atom. The number of methoxy groups -OCH3 is 1. The minimum absolute atomic E-state index is 0.0762. The minimum Gasteiger partial charge on any atom is -0.497 e. The number of sulfonamides is 1. The predicted molar refractivity (Wildman–Crippen MR) is 101 cm³/mol. The smallest absolute Gasteiger partial charge is 0.241 e. The average Bonchev–Trinajstić information content (AvgIpc) is 2.60. The van der Waals surface area contributed by atoms with Crippen molar-refractivity contribution in [3.63, 3.8) is 0 Å². The Hall–Kier alpha value is -2.38. The van der Waals surface area contributed by atoms with Crippen LogP contribution in [0.15, 0.2) is 47.4 Å². The highest BCUT2D eigenvalue weighted by Crippen LogP contribution is 2.15. The Bertz CT molecular complexity index is 877. The van der Waals surface area contributed by atoms with Crippen LogP contribution >= 0.6 is 0 Å². The molecular weight excluding hydrogens is 352 g/mol. The molecule has 0 unspecified atom stereocenters. The first-order valence-electron chi connectivity index (χ1n) is 8.23. The van der Waals surface area contributed by atoms with E-state index in [0.29, 0.717) is 12.3 Å². The molecule has 0 saturated carbocycles. The number of carbonyl (C=O) groups excluding carboxylic acids is 1. The Kier molecular flexibility index (Phi) is 6.39. The first-order valence-corrected chi connectivity index (χ1v) is 9.71. The van der Waals surface area contributed by atoms with Gasteiger partial charge in [-0.25, -0.2) is 8.42 Å². The number of nitrogens with one attached hydrogen (secondary N) is 2. The molecule has 140 valence electrons. The van der Waals surface area contributed by atoms with Crippen molar-refractivity contribution in [1.29, 1.82) is 0 Å². The minimum atomic E-state index is -3.79. The van der Waals surface area contributed by atoms with E-state index in [1.807, 2.05) is 32.0 Å². The van der Waals surface area contributed by atoms with E-state index in [-0.39, 0.29) is 10.8 Å². The van der Waals surface area contributed by atoms with E-state index in [4.69, 9.17) is 4.74 Å². The first-order chi connectivity index (χ1) is 12.2. The predicted octanol–water partition coefficient (Wildman–Crippen LogP) is 2.30. The summed E-state index contributed by atoms with van der Waals surface area (Å²) in [5, 5.41) is 2.77. The second-order valence-electron chi connectivity index (χ2n) is 6.17. The summed E-state index contributed by atoms with van der Waals surface area (Å²) in [4.78, 5) is 12.3. The summed E-state index contributed by atoms with van der Waals surface area (Å²) in [5.74, 6) is 0.172. The molecule has 7 heteroatoms. The molecule has 2 N–H and O–H groups in total. The topological polar surface area (TPSA) is 84.5 Å². The van der Waals surface area contributed by atoms with Crippen LogP contribution in [0.4, 0.5) is 0 Å². The van der Waals surface area contributed by atoms with Crippen LogP contribution in [-0.2, 0) is 21.4 Å². The maximum absolute atomic E-state index is 12.4. The van der Waals surface area contributed by atoms with Gasteiger partial charge in [-0.05, 0) is 56.2 Å². The lowest BCUT2D eigenvalue weighted by Crippen LogP contribution is -2.44. The number of hydrogen-bond donors (Lipinski definition) is 2. The fourth-order valence-corrected chi connectivity index (χ4v) is 3.69. The number of benzene rings is 2. The number of amides is 1. The summed E-state index contributed by atoms with van der Waals surface area (Å²) < 4.78 is 32.2. The molecule has 2 rings (SSSR count). The lowest BCUT2D eigenvalue weighted by atomic mass is 10.1. The second-order valence-corrected chi connectivity index (χ2v) is 7.88. The van der Waals surface area contributed by atoms with Crippen molar-refractivity contribution >= 4 is 15.9 Å². The van der Waals surface area contributed by atoms with Crippen molar-refractivity contribution in [1.82, 2.24) is 10.0 Å². The number of ether oxygens (including phenoxy) is 1. The van der Waals surface area contributed by atoms with E-state index in [9.17, 15) is 13.2 Å². The Balaban J connectivity index is 1.98. The highest BCUT2D eigenvalue weighted by molar-refractivity contribution is 7.89. The average molecular weight is 376 g/mol. The zero-order chi connectivity index (χ0) is 19.3. The lowest BCUT2D eigenvalue weighted by Gasteiger charge is -2.15. The van der Waals surface area contributed by atoms with Crippen LogP contribution in [0, 0.1) is 13.8 Å². The molecule has 0 radical (unpaired) electrons. The van der Waals surface area contributed by atoms with Gasteiger partial charge in [-0.2, -0.15) is 4.72 Å². The maximum Gasteiger partial charge on any atom is 0.241 e. The normalized spacial score (nSPS) is 12.5. The highest BCUT2D eigenvalue weighted by atomic mass is 32.2. The van der Waals surface area contributed by atoms with Crippen LogP contribution in [0.5, 0.6) is 5.75 Å². The molecule has 0 aromatic heterocycles. The molecule has 0 aliphatic rings. The molecule has 2 aromatic carbocycles. The second kappa shape index (κ2) is 8.33. The Labute approximate surface area is 154 Å². The molecule has 0 aliphatic heterocycles. The van der Waals surface area contributed by atoms with Gasteiger partial charge in [0.2, 0.25) is 15.9 Å².